The van der Waals surface area contributed by atoms with Gasteiger partial charge in [0.25, 0.3) is 0 Å². The van der Waals surface area contributed by atoms with Gasteiger partial charge < -0.3 is 4.74 Å². The van der Waals surface area contributed by atoms with Crippen LogP contribution in [0, 0.1) is 0 Å². The standard InChI is InChI=1S/C14H17F11O3/c1-4-5-6-7-9(2,3)27-8(26)10(15,12(18,19)20)28-14(24,25)11(16,17)13(21,22)23/h4-7H2,1-3H3/t10-/m0/s1. The average molecular weight is 442 g/mol. The van der Waals surface area contributed by atoms with Gasteiger partial charge in [-0.25, -0.2) is 4.79 Å². The summed E-state index contributed by atoms with van der Waals surface area (Å²) in [6.45, 7) is 3.64. The van der Waals surface area contributed by atoms with Gasteiger partial charge in [-0.2, -0.15) is 48.3 Å². The van der Waals surface area contributed by atoms with Crippen LogP contribution in [0.5, 0.6) is 0 Å². The van der Waals surface area contributed by atoms with Crippen LogP contribution < -0.4 is 0 Å². The number of halogens is 11. The van der Waals surface area contributed by atoms with Crippen molar-refractivity contribution >= 4 is 5.97 Å². The predicted octanol–water partition coefficient (Wildman–Crippen LogP) is 5.92. The van der Waals surface area contributed by atoms with Crippen molar-refractivity contribution in [3.8, 4) is 0 Å². The molecule has 28 heavy (non-hydrogen) atoms. The van der Waals surface area contributed by atoms with Crippen LogP contribution in [-0.2, 0) is 14.3 Å². The largest absolute Gasteiger partial charge is 0.462 e. The van der Waals surface area contributed by atoms with E-state index in [4.69, 9.17) is 0 Å². The Morgan fingerprint density at radius 2 is 1.25 bits per heavy atom. The Labute approximate surface area is 152 Å². The summed E-state index contributed by atoms with van der Waals surface area (Å²) < 4.78 is 146. The molecule has 0 spiro atoms. The van der Waals surface area contributed by atoms with E-state index in [2.05, 4.69) is 9.47 Å². The van der Waals surface area contributed by atoms with Crippen molar-refractivity contribution < 1.29 is 62.6 Å². The molecule has 3 nitrogen and oxygen atoms in total. The fourth-order valence-corrected chi connectivity index (χ4v) is 1.79. The fraction of sp³-hybridized carbons (Fsp3) is 0.929. The summed E-state index contributed by atoms with van der Waals surface area (Å²) >= 11 is 0. The van der Waals surface area contributed by atoms with Gasteiger partial charge in [0.15, 0.2) is 0 Å². The molecule has 0 rings (SSSR count). The number of unbranched alkanes of at least 4 members (excludes halogenated alkanes) is 2. The number of hydrogen-bond acceptors (Lipinski definition) is 3. The van der Waals surface area contributed by atoms with Crippen molar-refractivity contribution in [3.63, 3.8) is 0 Å². The first kappa shape index (κ1) is 26.7. The van der Waals surface area contributed by atoms with Gasteiger partial charge >= 0.3 is 36.2 Å². The Hall–Kier alpha value is -1.34. The molecule has 0 N–H and O–H groups in total. The monoisotopic (exact) mass is 442 g/mol. The summed E-state index contributed by atoms with van der Waals surface area (Å²) in [6, 6.07) is 0. The third-order valence-corrected chi connectivity index (χ3v) is 3.37. The second kappa shape index (κ2) is 8.19. The Morgan fingerprint density at radius 3 is 1.61 bits per heavy atom. The lowest BCUT2D eigenvalue weighted by Gasteiger charge is -2.35. The minimum Gasteiger partial charge on any atom is -0.455 e. The Bertz CT molecular complexity index is 540. The van der Waals surface area contributed by atoms with Crippen molar-refractivity contribution in [2.45, 2.75) is 82.3 Å². The summed E-state index contributed by atoms with van der Waals surface area (Å²) in [5.41, 5.74) is -1.89. The number of esters is 1. The fourth-order valence-electron chi connectivity index (χ4n) is 1.79. The molecule has 0 aromatic heterocycles. The van der Waals surface area contributed by atoms with Crippen LogP contribution in [0.2, 0.25) is 0 Å². The van der Waals surface area contributed by atoms with Gasteiger partial charge in [-0.3, -0.25) is 4.74 Å². The summed E-state index contributed by atoms with van der Waals surface area (Å²) in [6.07, 6.45) is -19.8. The lowest BCUT2D eigenvalue weighted by molar-refractivity contribution is -0.475. The highest BCUT2D eigenvalue weighted by atomic mass is 19.4. The van der Waals surface area contributed by atoms with Crippen molar-refractivity contribution in [1.82, 2.24) is 0 Å². The number of carbonyl (C=O) groups excluding carboxylic acids is 1. The Balaban J connectivity index is 5.81. The molecule has 0 saturated carbocycles. The topological polar surface area (TPSA) is 35.5 Å². The zero-order chi connectivity index (χ0) is 22.8. The van der Waals surface area contributed by atoms with E-state index in [9.17, 15) is 53.1 Å². The van der Waals surface area contributed by atoms with Gasteiger partial charge in [-0.1, -0.05) is 19.8 Å². The number of alkyl halides is 11. The van der Waals surface area contributed by atoms with Crippen molar-refractivity contribution in [3.05, 3.63) is 0 Å². The zero-order valence-electron chi connectivity index (χ0n) is 14.7. The molecule has 1 atom stereocenters. The van der Waals surface area contributed by atoms with Crippen LogP contribution in [0.15, 0.2) is 0 Å². The highest BCUT2D eigenvalue weighted by Gasteiger charge is 2.80. The van der Waals surface area contributed by atoms with E-state index < -0.39 is 41.8 Å². The quantitative estimate of drug-likeness (QED) is 0.253. The van der Waals surface area contributed by atoms with Gasteiger partial charge in [0, 0.05) is 0 Å². The Kier molecular flexibility index (Phi) is 7.79. The van der Waals surface area contributed by atoms with Crippen LogP contribution in [-0.4, -0.2) is 41.8 Å². The van der Waals surface area contributed by atoms with Crippen LogP contribution in [0.4, 0.5) is 48.3 Å². The smallest absolute Gasteiger partial charge is 0.455 e. The molecule has 0 aliphatic rings. The molecule has 0 unspecified atom stereocenters. The van der Waals surface area contributed by atoms with E-state index in [0.29, 0.717) is 12.8 Å². The molecule has 0 fully saturated rings. The Morgan fingerprint density at radius 1 is 0.786 bits per heavy atom. The molecule has 0 aromatic carbocycles. The molecular weight excluding hydrogens is 425 g/mol. The second-order valence-corrected chi connectivity index (χ2v) is 6.39. The lowest BCUT2D eigenvalue weighted by atomic mass is 10.0. The first-order chi connectivity index (χ1) is 12.1. The van der Waals surface area contributed by atoms with E-state index in [1.54, 1.807) is 6.92 Å². The summed E-state index contributed by atoms with van der Waals surface area (Å²) in [5.74, 6) is -16.8. The molecule has 14 heteroatoms. The highest BCUT2D eigenvalue weighted by Crippen LogP contribution is 2.51. The molecule has 0 aromatic rings. The van der Waals surface area contributed by atoms with E-state index in [-0.39, 0.29) is 12.8 Å². The maximum atomic E-state index is 14.0. The molecule has 168 valence electrons. The van der Waals surface area contributed by atoms with E-state index in [1.807, 2.05) is 0 Å². The van der Waals surface area contributed by atoms with Gasteiger partial charge in [-0.15, -0.1) is 0 Å². The molecular formula is C14H17F11O3. The van der Waals surface area contributed by atoms with Crippen molar-refractivity contribution in [2.24, 2.45) is 0 Å². The van der Waals surface area contributed by atoms with Gasteiger partial charge in [-0.05, 0) is 26.7 Å². The first-order valence-electron chi connectivity index (χ1n) is 7.66. The molecule has 0 heterocycles. The third-order valence-electron chi connectivity index (χ3n) is 3.37. The number of carbonyl (C=O) groups is 1. The lowest BCUT2D eigenvalue weighted by Crippen LogP contribution is -2.62. The molecule has 0 radical (unpaired) electrons. The number of hydrogen-bond donors (Lipinski definition) is 0. The first-order valence-corrected chi connectivity index (χ1v) is 7.66. The van der Waals surface area contributed by atoms with Gasteiger partial charge in [0.1, 0.15) is 5.60 Å². The maximum absolute atomic E-state index is 14.0. The van der Waals surface area contributed by atoms with Gasteiger partial charge in [0.05, 0.1) is 0 Å². The van der Waals surface area contributed by atoms with Gasteiger partial charge in [0.2, 0.25) is 0 Å². The normalized spacial score (nSPS) is 16.6. The summed E-state index contributed by atoms with van der Waals surface area (Å²) in [5, 5.41) is 0. The molecule has 0 aliphatic heterocycles. The van der Waals surface area contributed by atoms with E-state index in [0.717, 1.165) is 13.8 Å². The van der Waals surface area contributed by atoms with Crippen molar-refractivity contribution in [2.75, 3.05) is 0 Å². The molecule has 0 amide bonds. The van der Waals surface area contributed by atoms with Crippen LogP contribution in [0.25, 0.3) is 0 Å². The molecule has 0 bridgehead atoms. The summed E-state index contributed by atoms with van der Waals surface area (Å²) in [4.78, 5) is 11.5. The van der Waals surface area contributed by atoms with E-state index >= 15 is 0 Å². The second-order valence-electron chi connectivity index (χ2n) is 6.39. The SMILES string of the molecule is CCCCCC(C)(C)OC(=O)[C@](F)(OC(F)(F)C(F)(F)C(F)(F)F)C(F)(F)F. The maximum Gasteiger partial charge on any atom is 0.462 e. The molecule has 0 aliphatic carbocycles. The number of ether oxygens (including phenoxy) is 2. The minimum atomic E-state index is -7.24. The third kappa shape index (κ3) is 5.83. The molecule has 0 saturated heterocycles. The van der Waals surface area contributed by atoms with E-state index in [1.165, 1.54) is 0 Å². The highest BCUT2D eigenvalue weighted by molar-refractivity contribution is 5.79. The zero-order valence-corrected chi connectivity index (χ0v) is 14.7. The minimum absolute atomic E-state index is 0.185. The average Bonchev–Trinajstić information content (AvgIpc) is 2.43. The predicted molar refractivity (Wildman–Crippen MR) is 71.2 cm³/mol. The van der Waals surface area contributed by atoms with Crippen LogP contribution in [0.3, 0.4) is 0 Å². The summed E-state index contributed by atoms with van der Waals surface area (Å²) in [7, 11) is 0. The van der Waals surface area contributed by atoms with Crippen LogP contribution in [0.1, 0.15) is 46.5 Å². The van der Waals surface area contributed by atoms with Crippen molar-refractivity contribution in [1.29, 1.82) is 0 Å². The number of rotatable bonds is 9. The van der Waals surface area contributed by atoms with Crippen LogP contribution >= 0.6 is 0 Å².